The number of benzene rings is 5. The molecule has 0 radical (unpaired) electrons. The number of aryl methyl sites for hydroxylation is 8. The number of hydrogen-bond acceptors (Lipinski definition) is 10. The van der Waals surface area contributed by atoms with Crippen LogP contribution in [0.2, 0.25) is 0 Å². The van der Waals surface area contributed by atoms with Gasteiger partial charge in [-0.2, -0.15) is 0 Å². The van der Waals surface area contributed by atoms with E-state index in [1.165, 1.54) is 83.1 Å². The molecule has 3 N–H and O–H groups in total. The minimum Gasteiger partial charge on any atom is -0.361 e. The summed E-state index contributed by atoms with van der Waals surface area (Å²) in [5.41, 5.74) is 27.8. The highest BCUT2D eigenvalue weighted by atomic mass is 16.5. The van der Waals surface area contributed by atoms with Crippen LogP contribution in [0, 0.1) is 55.4 Å². The second-order valence-corrected chi connectivity index (χ2v) is 22.2. The second kappa shape index (κ2) is 19.2. The molecular weight excluding hydrogens is 969 g/mol. The molecule has 13 nitrogen and oxygen atoms in total. The Kier molecular flexibility index (Phi) is 12.1. The molecule has 0 amide bonds. The van der Waals surface area contributed by atoms with Gasteiger partial charge in [0.05, 0.1) is 56.7 Å². The van der Waals surface area contributed by atoms with Gasteiger partial charge in [-0.15, -0.1) is 0 Å². The molecule has 0 saturated heterocycles. The highest BCUT2D eigenvalue weighted by Crippen LogP contribution is 2.45. The molecule has 0 atom stereocenters. The van der Waals surface area contributed by atoms with Crippen molar-refractivity contribution in [1.29, 1.82) is 0 Å². The Hall–Kier alpha value is -8.45. The lowest BCUT2D eigenvalue weighted by atomic mass is 9.93. The summed E-state index contributed by atoms with van der Waals surface area (Å²) >= 11 is 0. The normalized spacial score (nSPS) is 15.3. The van der Waals surface area contributed by atoms with E-state index in [1.54, 1.807) is 0 Å². The Balaban J connectivity index is 0.000000111. The lowest BCUT2D eigenvalue weighted by Gasteiger charge is -2.10. The number of nitrogens with one attached hydrogen (secondary N) is 3. The first kappa shape index (κ1) is 49.1. The number of fused-ring (bicyclic) bond motifs is 3. The largest absolute Gasteiger partial charge is 0.361 e. The minimum absolute atomic E-state index is 0.589. The summed E-state index contributed by atoms with van der Waals surface area (Å²) in [6.07, 6.45) is 7.39. The average Bonchev–Trinajstić information content (AvgIpc) is 4.46. The fourth-order valence-electron chi connectivity index (χ4n) is 11.7. The van der Waals surface area contributed by atoms with Gasteiger partial charge >= 0.3 is 0 Å². The number of aliphatic imine (C=N–C) groups is 1. The fourth-order valence-corrected chi connectivity index (χ4v) is 11.7. The molecule has 0 bridgehead atoms. The maximum Gasteiger partial charge on any atom is 0.141 e. The third-order valence-corrected chi connectivity index (χ3v) is 16.2. The Morgan fingerprint density at radius 3 is 1.06 bits per heavy atom. The van der Waals surface area contributed by atoms with Crippen molar-refractivity contribution in [3.63, 3.8) is 0 Å². The molecule has 0 unspecified atom stereocenters. The van der Waals surface area contributed by atoms with Crippen molar-refractivity contribution < 1.29 is 13.6 Å². The van der Waals surface area contributed by atoms with Gasteiger partial charge < -0.3 is 28.5 Å². The summed E-state index contributed by atoms with van der Waals surface area (Å²) < 4.78 is 16.2. The average molecular weight is 1030 g/mol. The van der Waals surface area contributed by atoms with E-state index in [0.29, 0.717) is 17.8 Å². The van der Waals surface area contributed by atoms with Crippen molar-refractivity contribution in [3.05, 3.63) is 159 Å². The van der Waals surface area contributed by atoms with Gasteiger partial charge in [-0.25, -0.2) is 15.0 Å². The first-order valence-corrected chi connectivity index (χ1v) is 27.5. The van der Waals surface area contributed by atoms with Crippen LogP contribution in [0.25, 0.3) is 94.3 Å². The summed E-state index contributed by atoms with van der Waals surface area (Å²) in [6.45, 7) is 21.2. The lowest BCUT2D eigenvalue weighted by Crippen LogP contribution is -1.97. The van der Waals surface area contributed by atoms with Gasteiger partial charge in [0.2, 0.25) is 0 Å². The van der Waals surface area contributed by atoms with Crippen molar-refractivity contribution >= 4 is 44.4 Å². The van der Waals surface area contributed by atoms with Crippen LogP contribution in [-0.2, 0) is 0 Å². The van der Waals surface area contributed by atoms with Crippen molar-refractivity contribution in [2.45, 2.75) is 126 Å². The van der Waals surface area contributed by atoms with E-state index in [0.717, 1.165) is 136 Å². The van der Waals surface area contributed by atoms with Gasteiger partial charge in [-0.1, -0.05) is 64.0 Å². The van der Waals surface area contributed by atoms with Gasteiger partial charge in [-0.3, -0.25) is 4.99 Å². The van der Waals surface area contributed by atoms with Gasteiger partial charge in [0.1, 0.15) is 34.8 Å². The number of H-pyrrole nitrogens is 3. The molecule has 7 heterocycles. The zero-order valence-corrected chi connectivity index (χ0v) is 46.1. The molecule has 78 heavy (non-hydrogen) atoms. The Bertz CT molecular complexity index is 3990. The van der Waals surface area contributed by atoms with Crippen LogP contribution in [0.1, 0.15) is 139 Å². The standard InChI is InChI=1S/2C22H21N3O.C21H22N4O/c2*1-12-6-4-5-7-17(12)18-10-16(20-13(2)25-26-14(20)3)11-19-21(18)24-22(23-19)15-8-9-15;1-10-9-22-11(2)18(10)16-7-15(19-12(3)25-26-13(19)4)8-17-20(16)24-21(23-17)14-5-6-14/h2*4-7,10-11,15H,8-9H2,1-3H3,(H,23,24);7-8,14H,5-6,9H2,1-4H3,(H,23,24). The van der Waals surface area contributed by atoms with Crippen molar-refractivity contribution in [3.8, 4) is 55.6 Å². The summed E-state index contributed by atoms with van der Waals surface area (Å²) in [5.74, 6) is 7.66. The lowest BCUT2D eigenvalue weighted by molar-refractivity contribution is 0.393. The molecule has 0 spiro atoms. The molecule has 13 heteroatoms. The molecule has 392 valence electrons. The quantitative estimate of drug-likeness (QED) is 0.127. The third-order valence-electron chi connectivity index (χ3n) is 16.2. The first-order valence-electron chi connectivity index (χ1n) is 27.5. The minimum atomic E-state index is 0.589. The van der Waals surface area contributed by atoms with E-state index in [9.17, 15) is 0 Å². The Labute approximate surface area is 453 Å². The topological polar surface area (TPSA) is 176 Å². The Morgan fingerprint density at radius 1 is 0.410 bits per heavy atom. The molecule has 1 aliphatic heterocycles. The van der Waals surface area contributed by atoms with E-state index in [1.807, 2.05) is 41.5 Å². The van der Waals surface area contributed by atoms with E-state index < -0.39 is 0 Å². The highest BCUT2D eigenvalue weighted by molar-refractivity contribution is 6.27. The maximum absolute atomic E-state index is 5.41. The molecular formula is C65H64N10O3. The first-order chi connectivity index (χ1) is 37.8. The molecule has 4 aliphatic rings. The number of aromatic amines is 3. The summed E-state index contributed by atoms with van der Waals surface area (Å²) in [7, 11) is 0. The zero-order chi connectivity index (χ0) is 53.7. The third kappa shape index (κ3) is 8.98. The van der Waals surface area contributed by atoms with Gasteiger partial charge in [0.15, 0.2) is 0 Å². The fraction of sp³-hybridized carbons (Fsp3) is 0.308. The molecule has 3 saturated carbocycles. The molecule has 11 aromatic rings. The van der Waals surface area contributed by atoms with Gasteiger partial charge in [-0.05, 0) is 189 Å². The van der Waals surface area contributed by atoms with Crippen molar-refractivity contribution in [2.24, 2.45) is 4.99 Å². The summed E-state index contributed by atoms with van der Waals surface area (Å²) in [6, 6.07) is 30.2. The van der Waals surface area contributed by atoms with Crippen LogP contribution in [-0.4, -0.2) is 57.6 Å². The highest BCUT2D eigenvalue weighted by Gasteiger charge is 2.31. The Morgan fingerprint density at radius 2 is 0.756 bits per heavy atom. The number of hydrogen-bond donors (Lipinski definition) is 3. The SMILES string of the molecule is CC1=NCC(C)=C1c1cc(-c2c(C)noc2C)cc2[nH]c(C3CC3)nc12.Cc1ccccc1-c1cc(-c2c(C)noc2C)cc2[nH]c(C3CC3)nc12.Cc1ccccc1-c1cc(-c2c(C)noc2C)cc2[nH]c(C3CC3)nc12. The van der Waals surface area contributed by atoms with Crippen LogP contribution >= 0.6 is 0 Å². The summed E-state index contributed by atoms with van der Waals surface area (Å²) in [4.78, 5) is 30.2. The van der Waals surface area contributed by atoms with E-state index in [4.69, 9.17) is 28.5 Å². The van der Waals surface area contributed by atoms with Crippen LogP contribution in [0.15, 0.2) is 109 Å². The van der Waals surface area contributed by atoms with Gasteiger partial charge in [0.25, 0.3) is 0 Å². The van der Waals surface area contributed by atoms with Crippen LogP contribution in [0.4, 0.5) is 0 Å². The number of nitrogens with zero attached hydrogens (tertiary/aromatic N) is 7. The smallest absolute Gasteiger partial charge is 0.141 e. The zero-order valence-electron chi connectivity index (χ0n) is 46.1. The predicted octanol–water partition coefficient (Wildman–Crippen LogP) is 16.3. The van der Waals surface area contributed by atoms with Crippen molar-refractivity contribution in [1.82, 2.24) is 45.4 Å². The second-order valence-electron chi connectivity index (χ2n) is 22.2. The van der Waals surface area contributed by atoms with E-state index >= 15 is 0 Å². The maximum atomic E-state index is 5.41. The summed E-state index contributed by atoms with van der Waals surface area (Å²) in [5, 5.41) is 12.4. The molecule has 5 aromatic carbocycles. The van der Waals surface area contributed by atoms with E-state index in [2.05, 4.69) is 148 Å². The molecule has 3 fully saturated rings. The number of rotatable bonds is 9. The number of aromatic nitrogens is 9. The predicted molar refractivity (Wildman–Crippen MR) is 310 cm³/mol. The van der Waals surface area contributed by atoms with Crippen LogP contribution in [0.5, 0.6) is 0 Å². The van der Waals surface area contributed by atoms with Crippen LogP contribution in [0.3, 0.4) is 0 Å². The molecule has 15 rings (SSSR count). The van der Waals surface area contributed by atoms with Gasteiger partial charge in [0, 0.05) is 62.4 Å². The van der Waals surface area contributed by atoms with E-state index in [-0.39, 0.29) is 0 Å². The monoisotopic (exact) mass is 1030 g/mol. The molecule has 6 aromatic heterocycles. The van der Waals surface area contributed by atoms with Crippen molar-refractivity contribution in [2.75, 3.05) is 6.54 Å². The number of allylic oxidation sites excluding steroid dienone is 1. The molecule has 3 aliphatic carbocycles. The van der Waals surface area contributed by atoms with Crippen LogP contribution < -0.4 is 0 Å². The number of imidazole rings is 3.